The molecule has 0 aromatic heterocycles. The van der Waals surface area contributed by atoms with Gasteiger partial charge in [0.15, 0.2) is 5.79 Å². The summed E-state index contributed by atoms with van der Waals surface area (Å²) < 4.78 is 17.2. The van der Waals surface area contributed by atoms with Gasteiger partial charge in [-0.25, -0.2) is 4.79 Å². The van der Waals surface area contributed by atoms with Gasteiger partial charge in [0.25, 0.3) is 0 Å². The number of fused-ring (bicyclic) bond motifs is 2. The molecule has 2 fully saturated rings. The minimum Gasteiger partial charge on any atom is -0.438 e. The number of anilines is 1. The highest BCUT2D eigenvalue weighted by Crippen LogP contribution is 2.50. The lowest BCUT2D eigenvalue weighted by molar-refractivity contribution is -0.204. The van der Waals surface area contributed by atoms with Crippen LogP contribution in [0.15, 0.2) is 24.3 Å². The summed E-state index contributed by atoms with van der Waals surface area (Å²) in [5.41, 5.74) is 1.39. The third-order valence-corrected chi connectivity index (χ3v) is 4.58. The minimum atomic E-state index is -0.528. The van der Waals surface area contributed by atoms with E-state index < -0.39 is 11.4 Å². The molecule has 0 unspecified atom stereocenters. The van der Waals surface area contributed by atoms with Crippen LogP contribution in [0.25, 0.3) is 0 Å². The lowest BCUT2D eigenvalue weighted by Gasteiger charge is -2.45. The van der Waals surface area contributed by atoms with Gasteiger partial charge in [0.2, 0.25) is 0 Å². The largest absolute Gasteiger partial charge is 0.438 e. The summed E-state index contributed by atoms with van der Waals surface area (Å²) in [5.74, 6) is -0.447. The summed E-state index contributed by atoms with van der Waals surface area (Å²) in [6.07, 6.45) is 2.62. The minimum absolute atomic E-state index is 0.368. The Morgan fingerprint density at radius 1 is 1.00 bits per heavy atom. The number of nitrogens with one attached hydrogen (secondary N) is 1. The summed E-state index contributed by atoms with van der Waals surface area (Å²) in [6.45, 7) is 1.32. The van der Waals surface area contributed by atoms with Gasteiger partial charge >= 0.3 is 6.09 Å². The van der Waals surface area contributed by atoms with Crippen LogP contribution >= 0.6 is 0 Å². The van der Waals surface area contributed by atoms with E-state index in [1.807, 2.05) is 24.3 Å². The Labute approximate surface area is 117 Å². The molecule has 2 spiro atoms. The Kier molecular flexibility index (Phi) is 2.56. The predicted octanol–water partition coefficient (Wildman–Crippen LogP) is 2.76. The van der Waals surface area contributed by atoms with Gasteiger partial charge in [0.1, 0.15) is 5.60 Å². The van der Waals surface area contributed by atoms with Crippen molar-refractivity contribution < 1.29 is 19.0 Å². The van der Waals surface area contributed by atoms with Crippen molar-refractivity contribution in [3.05, 3.63) is 29.8 Å². The monoisotopic (exact) mass is 275 g/mol. The molecular formula is C15H17NO4. The number of carbonyl (C=O) groups excluding carboxylic acids is 1. The van der Waals surface area contributed by atoms with Crippen LogP contribution in [0.5, 0.6) is 0 Å². The van der Waals surface area contributed by atoms with Crippen molar-refractivity contribution in [3.63, 3.8) is 0 Å². The fourth-order valence-electron chi connectivity index (χ4n) is 3.55. The second kappa shape index (κ2) is 4.20. The van der Waals surface area contributed by atoms with E-state index in [2.05, 4.69) is 5.32 Å². The Bertz CT molecular complexity index is 541. The zero-order valence-electron chi connectivity index (χ0n) is 11.2. The van der Waals surface area contributed by atoms with Gasteiger partial charge in [-0.3, -0.25) is 5.32 Å². The molecule has 1 saturated heterocycles. The molecule has 1 amide bonds. The van der Waals surface area contributed by atoms with Gasteiger partial charge < -0.3 is 14.2 Å². The molecule has 1 aromatic rings. The lowest BCUT2D eigenvalue weighted by atomic mass is 9.75. The van der Waals surface area contributed by atoms with Crippen LogP contribution in [0.3, 0.4) is 0 Å². The lowest BCUT2D eigenvalue weighted by Crippen LogP contribution is -2.47. The summed E-state index contributed by atoms with van der Waals surface area (Å²) >= 11 is 0. The standard InChI is InChI=1S/C15H17NO4/c17-13-16-12-4-2-1-3-11(12)14(20-13)5-7-15(8-6-14)18-9-10-19-15/h1-4H,5-10H2,(H,16,17). The van der Waals surface area contributed by atoms with Gasteiger partial charge in [-0.2, -0.15) is 0 Å². The van der Waals surface area contributed by atoms with Crippen LogP contribution < -0.4 is 5.32 Å². The van der Waals surface area contributed by atoms with E-state index in [1.54, 1.807) is 0 Å². The first-order valence-electron chi connectivity index (χ1n) is 7.09. The van der Waals surface area contributed by atoms with Crippen LogP contribution in [0.2, 0.25) is 0 Å². The SMILES string of the molecule is O=C1Nc2ccccc2C2(CCC3(CC2)OCCO3)O1. The van der Waals surface area contributed by atoms with Gasteiger partial charge in [0.05, 0.1) is 18.9 Å². The van der Waals surface area contributed by atoms with Crippen molar-refractivity contribution in [3.8, 4) is 0 Å². The normalized spacial score (nSPS) is 26.1. The third-order valence-electron chi connectivity index (χ3n) is 4.58. The molecule has 2 aliphatic heterocycles. The van der Waals surface area contributed by atoms with Crippen molar-refractivity contribution in [2.24, 2.45) is 0 Å². The van der Waals surface area contributed by atoms with Crippen LogP contribution in [0.1, 0.15) is 31.2 Å². The maximum Gasteiger partial charge on any atom is 0.412 e. The summed E-state index contributed by atoms with van der Waals surface area (Å²) in [5, 5.41) is 2.77. The first kappa shape index (κ1) is 12.2. The van der Waals surface area contributed by atoms with E-state index in [0.717, 1.165) is 36.9 Å². The highest BCUT2D eigenvalue weighted by Gasteiger charge is 2.51. The van der Waals surface area contributed by atoms with Gasteiger partial charge in [0, 0.05) is 18.4 Å². The molecule has 0 bridgehead atoms. The molecule has 5 nitrogen and oxygen atoms in total. The summed E-state index contributed by atoms with van der Waals surface area (Å²) in [7, 11) is 0. The smallest absolute Gasteiger partial charge is 0.412 e. The van der Waals surface area contributed by atoms with Crippen LogP contribution in [-0.2, 0) is 19.8 Å². The number of para-hydroxylation sites is 1. The highest BCUT2D eigenvalue weighted by molar-refractivity contribution is 5.88. The number of benzene rings is 1. The van der Waals surface area contributed by atoms with Crippen molar-refractivity contribution in [1.29, 1.82) is 0 Å². The summed E-state index contributed by atoms with van der Waals surface area (Å²) in [4.78, 5) is 11.8. The van der Waals surface area contributed by atoms with E-state index in [9.17, 15) is 4.79 Å². The zero-order valence-corrected chi connectivity index (χ0v) is 11.2. The molecule has 4 rings (SSSR count). The number of carbonyl (C=O) groups is 1. The molecule has 3 aliphatic rings. The van der Waals surface area contributed by atoms with E-state index in [4.69, 9.17) is 14.2 Å². The first-order valence-corrected chi connectivity index (χ1v) is 7.09. The topological polar surface area (TPSA) is 56.8 Å². The average Bonchev–Trinajstić information content (AvgIpc) is 2.91. The van der Waals surface area contributed by atoms with Gasteiger partial charge in [-0.05, 0) is 18.9 Å². The number of hydrogen-bond donors (Lipinski definition) is 1. The molecular weight excluding hydrogens is 258 g/mol. The second-order valence-corrected chi connectivity index (χ2v) is 5.66. The van der Waals surface area contributed by atoms with Gasteiger partial charge in [-0.1, -0.05) is 18.2 Å². The van der Waals surface area contributed by atoms with Crippen LogP contribution in [-0.4, -0.2) is 25.1 Å². The quantitative estimate of drug-likeness (QED) is 0.791. The zero-order chi connectivity index (χ0) is 13.6. The molecule has 5 heteroatoms. The molecule has 1 N–H and O–H groups in total. The Hall–Kier alpha value is -1.59. The maximum absolute atomic E-state index is 11.8. The molecule has 0 atom stereocenters. The van der Waals surface area contributed by atoms with E-state index in [-0.39, 0.29) is 6.09 Å². The summed E-state index contributed by atoms with van der Waals surface area (Å²) in [6, 6.07) is 7.85. The van der Waals surface area contributed by atoms with Crippen LogP contribution in [0, 0.1) is 0 Å². The van der Waals surface area contributed by atoms with Crippen molar-refractivity contribution in [2.45, 2.75) is 37.1 Å². The Balaban J connectivity index is 1.67. The Morgan fingerprint density at radius 3 is 2.45 bits per heavy atom. The second-order valence-electron chi connectivity index (χ2n) is 5.66. The number of hydrogen-bond acceptors (Lipinski definition) is 4. The Morgan fingerprint density at radius 2 is 1.70 bits per heavy atom. The molecule has 1 saturated carbocycles. The predicted molar refractivity (Wildman–Crippen MR) is 71.3 cm³/mol. The van der Waals surface area contributed by atoms with Gasteiger partial charge in [-0.15, -0.1) is 0 Å². The average molecular weight is 275 g/mol. The highest BCUT2D eigenvalue weighted by atomic mass is 16.7. The number of rotatable bonds is 0. The molecule has 0 radical (unpaired) electrons. The third kappa shape index (κ3) is 1.73. The van der Waals surface area contributed by atoms with Crippen LogP contribution in [0.4, 0.5) is 10.5 Å². The number of ether oxygens (including phenoxy) is 3. The first-order chi connectivity index (χ1) is 9.72. The number of amides is 1. The molecule has 2 heterocycles. The maximum atomic E-state index is 11.8. The van der Waals surface area contributed by atoms with E-state index in [0.29, 0.717) is 13.2 Å². The molecule has 106 valence electrons. The van der Waals surface area contributed by atoms with E-state index >= 15 is 0 Å². The van der Waals surface area contributed by atoms with Crippen molar-refractivity contribution in [2.75, 3.05) is 18.5 Å². The fourth-order valence-corrected chi connectivity index (χ4v) is 3.55. The fraction of sp³-hybridized carbons (Fsp3) is 0.533. The van der Waals surface area contributed by atoms with Crippen molar-refractivity contribution >= 4 is 11.8 Å². The molecule has 20 heavy (non-hydrogen) atoms. The molecule has 1 aromatic carbocycles. The van der Waals surface area contributed by atoms with E-state index in [1.165, 1.54) is 0 Å². The van der Waals surface area contributed by atoms with Crippen molar-refractivity contribution in [1.82, 2.24) is 0 Å². The molecule has 1 aliphatic carbocycles.